The molecule has 0 aromatic heterocycles. The van der Waals surface area contributed by atoms with Crippen molar-refractivity contribution in [2.45, 2.75) is 19.8 Å². The molecule has 2 amide bonds. The average molecular weight is 455 g/mol. The van der Waals surface area contributed by atoms with Crippen molar-refractivity contribution in [2.75, 3.05) is 29.6 Å². The van der Waals surface area contributed by atoms with Gasteiger partial charge < -0.3 is 9.64 Å². The van der Waals surface area contributed by atoms with Crippen molar-refractivity contribution in [3.8, 4) is 5.75 Å². The normalized spacial score (nSPS) is 12.3. The predicted octanol–water partition coefficient (Wildman–Crippen LogP) is 3.93. The first kappa shape index (κ1) is 23.3. The summed E-state index contributed by atoms with van der Waals surface area (Å²) in [5.41, 5.74) is 1.52. The van der Waals surface area contributed by atoms with Crippen LogP contribution in [0.2, 0.25) is 0 Å². The highest BCUT2D eigenvalue weighted by Gasteiger charge is 2.30. The van der Waals surface area contributed by atoms with Crippen LogP contribution in [-0.4, -0.2) is 40.6 Å². The van der Waals surface area contributed by atoms with Gasteiger partial charge in [-0.1, -0.05) is 24.3 Å². The van der Waals surface area contributed by atoms with Crippen LogP contribution in [0.25, 0.3) is 10.8 Å². The molecule has 0 unspecified atom stereocenters. The quantitative estimate of drug-likeness (QED) is 0.564. The van der Waals surface area contributed by atoms with Crippen molar-refractivity contribution in [2.24, 2.45) is 0 Å². The number of ether oxygens (including phenoxy) is 1. The van der Waals surface area contributed by atoms with Crippen molar-refractivity contribution < 1.29 is 22.7 Å². The molecular weight excluding hydrogens is 428 g/mol. The Morgan fingerprint density at radius 3 is 2.03 bits per heavy atom. The number of hydrogen-bond acceptors (Lipinski definition) is 5. The molecule has 0 radical (unpaired) electrons. The zero-order valence-corrected chi connectivity index (χ0v) is 19.5. The van der Waals surface area contributed by atoms with Crippen LogP contribution in [0.1, 0.15) is 25.3 Å². The Bertz CT molecular complexity index is 1270. The van der Waals surface area contributed by atoms with Gasteiger partial charge in [-0.25, -0.2) is 12.7 Å². The first-order valence-electron chi connectivity index (χ1n) is 9.99. The molecule has 32 heavy (non-hydrogen) atoms. The molecule has 0 saturated heterocycles. The summed E-state index contributed by atoms with van der Waals surface area (Å²) in [7, 11) is -0.667. The number of amides is 2. The van der Waals surface area contributed by atoms with Gasteiger partial charge in [-0.05, 0) is 59.7 Å². The Hall–Kier alpha value is -3.39. The lowest BCUT2D eigenvalue weighted by molar-refractivity contribution is -0.118. The van der Waals surface area contributed by atoms with E-state index in [0.29, 0.717) is 11.3 Å². The van der Waals surface area contributed by atoms with E-state index >= 15 is 0 Å². The van der Waals surface area contributed by atoms with Crippen molar-refractivity contribution in [1.82, 2.24) is 0 Å². The summed E-state index contributed by atoms with van der Waals surface area (Å²) in [6.07, 6.45) is 1.000. The van der Waals surface area contributed by atoms with Crippen LogP contribution in [0.3, 0.4) is 0 Å². The van der Waals surface area contributed by atoms with Gasteiger partial charge in [-0.15, -0.1) is 0 Å². The van der Waals surface area contributed by atoms with Crippen molar-refractivity contribution >= 4 is 44.0 Å². The largest absolute Gasteiger partial charge is 0.497 e. The number of hydrogen-bond donors (Lipinski definition) is 0. The fourth-order valence-corrected chi connectivity index (χ4v) is 4.42. The molecule has 0 bridgehead atoms. The van der Waals surface area contributed by atoms with Gasteiger partial charge in [0.1, 0.15) is 5.75 Å². The molecule has 0 spiro atoms. The number of fused-ring (bicyclic) bond motifs is 1. The molecule has 168 valence electrons. The molecular formula is C24H26N2O5S. The van der Waals surface area contributed by atoms with Gasteiger partial charge in [-0.2, -0.15) is 0 Å². The number of nitrogens with zero attached hydrogens (tertiary/aromatic N) is 2. The SMILES string of the molecule is COc1ccc2cc([C@H](C)C(=O)N(c3ccc(N(C)C(C)=O)cc3)S(C)(=O)=O)ccc2c1. The summed E-state index contributed by atoms with van der Waals surface area (Å²) in [6.45, 7) is 3.12. The van der Waals surface area contributed by atoms with Crippen LogP contribution in [0.15, 0.2) is 60.7 Å². The van der Waals surface area contributed by atoms with Crippen molar-refractivity contribution in [1.29, 1.82) is 0 Å². The summed E-state index contributed by atoms with van der Waals surface area (Å²) in [5, 5.41) is 1.88. The first-order valence-corrected chi connectivity index (χ1v) is 11.8. The number of anilines is 2. The molecule has 0 aliphatic carbocycles. The summed E-state index contributed by atoms with van der Waals surface area (Å²) >= 11 is 0. The lowest BCUT2D eigenvalue weighted by Gasteiger charge is -2.25. The van der Waals surface area contributed by atoms with Gasteiger partial charge >= 0.3 is 0 Å². The van der Waals surface area contributed by atoms with Gasteiger partial charge in [0.05, 0.1) is 25.0 Å². The highest BCUT2D eigenvalue weighted by Crippen LogP contribution is 2.29. The van der Waals surface area contributed by atoms with E-state index in [1.807, 2.05) is 36.4 Å². The number of rotatable bonds is 6. The van der Waals surface area contributed by atoms with E-state index in [9.17, 15) is 18.0 Å². The Morgan fingerprint density at radius 2 is 1.47 bits per heavy atom. The first-order chi connectivity index (χ1) is 15.0. The van der Waals surface area contributed by atoms with Gasteiger partial charge in [0, 0.05) is 19.7 Å². The van der Waals surface area contributed by atoms with E-state index < -0.39 is 21.8 Å². The third kappa shape index (κ3) is 4.75. The smallest absolute Gasteiger partial charge is 0.247 e. The lowest BCUT2D eigenvalue weighted by atomic mass is 9.97. The molecule has 3 aromatic carbocycles. The van der Waals surface area contributed by atoms with Crippen LogP contribution >= 0.6 is 0 Å². The molecule has 0 aliphatic heterocycles. The van der Waals surface area contributed by atoms with E-state index in [0.717, 1.165) is 27.1 Å². The summed E-state index contributed by atoms with van der Waals surface area (Å²) < 4.78 is 31.1. The predicted molar refractivity (Wildman–Crippen MR) is 127 cm³/mol. The maximum atomic E-state index is 13.3. The molecule has 7 nitrogen and oxygen atoms in total. The molecule has 0 heterocycles. The van der Waals surface area contributed by atoms with Crippen molar-refractivity contribution in [3.05, 3.63) is 66.2 Å². The molecule has 1 atom stereocenters. The Labute approximate surface area is 188 Å². The highest BCUT2D eigenvalue weighted by molar-refractivity contribution is 7.92. The highest BCUT2D eigenvalue weighted by atomic mass is 32.2. The molecule has 0 N–H and O–H groups in total. The average Bonchev–Trinajstić information content (AvgIpc) is 2.76. The second kappa shape index (κ2) is 9.00. The number of methoxy groups -OCH3 is 1. The Morgan fingerprint density at radius 1 is 0.906 bits per heavy atom. The van der Waals surface area contributed by atoms with E-state index in [1.54, 1.807) is 33.2 Å². The maximum absolute atomic E-state index is 13.3. The standard InChI is InChI=1S/C24H26N2O5S/c1-16(18-6-7-20-15-23(31-4)13-8-19(20)14-18)24(28)26(32(5,29)30)22-11-9-21(10-12-22)25(3)17(2)27/h6-16H,1-5H3/t16-/m0/s1. The fourth-order valence-electron chi connectivity index (χ4n) is 3.43. The number of benzene rings is 3. The zero-order chi connectivity index (χ0) is 23.6. The molecule has 0 aliphatic rings. The number of sulfonamides is 1. The molecule has 8 heteroatoms. The monoisotopic (exact) mass is 454 g/mol. The zero-order valence-electron chi connectivity index (χ0n) is 18.7. The van der Waals surface area contributed by atoms with Crippen LogP contribution in [0.4, 0.5) is 11.4 Å². The van der Waals surface area contributed by atoms with E-state index in [1.165, 1.54) is 24.0 Å². The van der Waals surface area contributed by atoms with E-state index in [-0.39, 0.29) is 11.6 Å². The lowest BCUT2D eigenvalue weighted by Crippen LogP contribution is -2.38. The molecule has 0 fully saturated rings. The second-order valence-corrected chi connectivity index (χ2v) is 9.49. The van der Waals surface area contributed by atoms with E-state index in [4.69, 9.17) is 4.74 Å². The third-order valence-corrected chi connectivity index (χ3v) is 6.47. The van der Waals surface area contributed by atoms with Crippen LogP contribution in [-0.2, 0) is 19.6 Å². The maximum Gasteiger partial charge on any atom is 0.247 e. The Balaban J connectivity index is 1.95. The van der Waals surface area contributed by atoms with Crippen molar-refractivity contribution in [3.63, 3.8) is 0 Å². The molecule has 0 saturated carbocycles. The minimum Gasteiger partial charge on any atom is -0.497 e. The van der Waals surface area contributed by atoms with E-state index in [2.05, 4.69) is 0 Å². The number of carbonyl (C=O) groups is 2. The molecule has 3 aromatic rings. The van der Waals surface area contributed by atoms with Gasteiger partial charge in [-0.3, -0.25) is 9.59 Å². The summed E-state index contributed by atoms with van der Waals surface area (Å²) in [6, 6.07) is 17.5. The topological polar surface area (TPSA) is 84.0 Å². The minimum atomic E-state index is -3.88. The van der Waals surface area contributed by atoms with Crippen LogP contribution in [0, 0.1) is 0 Å². The van der Waals surface area contributed by atoms with Crippen LogP contribution < -0.4 is 13.9 Å². The van der Waals surface area contributed by atoms with Gasteiger partial charge in [0.25, 0.3) is 0 Å². The number of carbonyl (C=O) groups excluding carboxylic acids is 2. The molecule has 3 rings (SSSR count). The summed E-state index contributed by atoms with van der Waals surface area (Å²) in [4.78, 5) is 26.3. The van der Waals surface area contributed by atoms with Crippen LogP contribution in [0.5, 0.6) is 5.75 Å². The third-order valence-electron chi connectivity index (χ3n) is 5.42. The summed E-state index contributed by atoms with van der Waals surface area (Å²) in [5.74, 6) is -0.684. The van der Waals surface area contributed by atoms with Gasteiger partial charge in [0.15, 0.2) is 0 Å². The Kier molecular flexibility index (Phi) is 6.55. The minimum absolute atomic E-state index is 0.156. The second-order valence-electron chi connectivity index (χ2n) is 7.65. The fraction of sp³-hybridized carbons (Fsp3) is 0.250. The van der Waals surface area contributed by atoms with Gasteiger partial charge in [0.2, 0.25) is 21.8 Å².